The van der Waals surface area contributed by atoms with Crippen molar-refractivity contribution in [2.45, 2.75) is 0 Å². The summed E-state index contributed by atoms with van der Waals surface area (Å²) in [6.07, 6.45) is 0. The van der Waals surface area contributed by atoms with Crippen molar-refractivity contribution in [2.75, 3.05) is 0 Å². The average molecular weight is 98.2 g/mol. The molecule has 0 aromatic rings. The van der Waals surface area contributed by atoms with Crippen LogP contribution in [0, 0.1) is 5.41 Å². The van der Waals surface area contributed by atoms with Crippen molar-refractivity contribution in [2.24, 2.45) is 0 Å². The standard InChI is InChI=1S/CHNS.K/c2-1-3;/h2H;. The minimum absolute atomic E-state index is 0. The Morgan fingerprint density at radius 1 is 1.75 bits per heavy atom. The molecule has 1 radical (unpaired) electrons. The minimum atomic E-state index is 0. The van der Waals surface area contributed by atoms with Gasteiger partial charge >= 0.3 is 0 Å². The molecule has 0 heterocycles. The summed E-state index contributed by atoms with van der Waals surface area (Å²) in [5.41, 5.74) is 0. The molecule has 17 valence electrons. The second-order valence-corrected chi connectivity index (χ2v) is 0.306. The van der Waals surface area contributed by atoms with Crippen molar-refractivity contribution >= 4 is 68.8 Å². The van der Waals surface area contributed by atoms with E-state index in [1.807, 2.05) is 0 Å². The van der Waals surface area contributed by atoms with Gasteiger partial charge in [0.15, 0.2) is 0 Å². The molecule has 0 aromatic heterocycles. The van der Waals surface area contributed by atoms with Gasteiger partial charge < -0.3 is 0 Å². The monoisotopic (exact) mass is 97.9 g/mol. The van der Waals surface area contributed by atoms with E-state index in [0.29, 0.717) is 0 Å². The molecule has 0 saturated heterocycles. The van der Waals surface area contributed by atoms with Crippen LogP contribution in [0.3, 0.4) is 0 Å². The van der Waals surface area contributed by atoms with E-state index < -0.39 is 0 Å². The molecule has 0 aliphatic heterocycles. The van der Waals surface area contributed by atoms with E-state index in [1.165, 1.54) is 0 Å². The van der Waals surface area contributed by atoms with Crippen LogP contribution in [0.25, 0.3) is 0 Å². The van der Waals surface area contributed by atoms with Gasteiger partial charge in [0.05, 0.1) is 5.16 Å². The SMILES string of the molecule is N=C=S.[K]. The fourth-order valence-corrected chi connectivity index (χ4v) is 0. The van der Waals surface area contributed by atoms with E-state index in [0.717, 1.165) is 0 Å². The summed E-state index contributed by atoms with van der Waals surface area (Å²) in [6.45, 7) is 0. The second kappa shape index (κ2) is 8.83. The van der Waals surface area contributed by atoms with Crippen LogP contribution in [0.5, 0.6) is 0 Å². The molecule has 0 bridgehead atoms. The third kappa shape index (κ3) is 9.89. The maximum Gasteiger partial charge on any atom is 0.0554 e. The van der Waals surface area contributed by atoms with Gasteiger partial charge in [0.25, 0.3) is 0 Å². The van der Waals surface area contributed by atoms with E-state index >= 15 is 0 Å². The van der Waals surface area contributed by atoms with Gasteiger partial charge in [0.2, 0.25) is 0 Å². The summed E-state index contributed by atoms with van der Waals surface area (Å²) in [6, 6.07) is 0. The van der Waals surface area contributed by atoms with Crippen molar-refractivity contribution in [3.05, 3.63) is 0 Å². The molecule has 0 aliphatic carbocycles. The largest absolute Gasteiger partial charge is 0.248 e. The van der Waals surface area contributed by atoms with Crippen molar-refractivity contribution < 1.29 is 0 Å². The van der Waals surface area contributed by atoms with Gasteiger partial charge in [-0.15, -0.1) is 0 Å². The molecule has 0 rings (SSSR count). The zero-order chi connectivity index (χ0) is 2.71. The van der Waals surface area contributed by atoms with Crippen LogP contribution < -0.4 is 0 Å². The molecule has 4 heavy (non-hydrogen) atoms. The van der Waals surface area contributed by atoms with Gasteiger partial charge in [-0.05, 0) is 12.2 Å². The molecule has 0 amide bonds. The Bertz CT molecular complexity index is 29.0. The Morgan fingerprint density at radius 2 is 1.75 bits per heavy atom. The van der Waals surface area contributed by atoms with E-state index in [9.17, 15) is 0 Å². The van der Waals surface area contributed by atoms with Crippen LogP contribution in [0.2, 0.25) is 0 Å². The van der Waals surface area contributed by atoms with Gasteiger partial charge in [-0.2, -0.15) is 0 Å². The molecule has 1 N–H and O–H groups in total. The van der Waals surface area contributed by atoms with E-state index in [2.05, 4.69) is 12.2 Å². The van der Waals surface area contributed by atoms with Crippen LogP contribution >= 0.6 is 12.2 Å². The quantitative estimate of drug-likeness (QED) is 0.263. The maximum absolute atomic E-state index is 5.77. The van der Waals surface area contributed by atoms with Gasteiger partial charge in [-0.25, -0.2) is 5.41 Å². The van der Waals surface area contributed by atoms with Crippen molar-refractivity contribution in [1.82, 2.24) is 0 Å². The number of hydrogen-bond donors (Lipinski definition) is 1. The summed E-state index contributed by atoms with van der Waals surface area (Å²) < 4.78 is 0. The van der Waals surface area contributed by atoms with E-state index in [-0.39, 0.29) is 51.4 Å². The third-order valence-corrected chi connectivity index (χ3v) is 0. The Morgan fingerprint density at radius 3 is 1.75 bits per heavy atom. The molecule has 0 fully saturated rings. The van der Waals surface area contributed by atoms with Crippen LogP contribution in [-0.4, -0.2) is 56.5 Å². The smallest absolute Gasteiger partial charge is 0.0554 e. The van der Waals surface area contributed by atoms with Gasteiger partial charge in [0, 0.05) is 51.4 Å². The predicted molar refractivity (Wildman–Crippen MR) is 21.1 cm³/mol. The first-order valence-corrected chi connectivity index (χ1v) is 0.862. The average Bonchev–Trinajstić information content (AvgIpc) is 0.918. The molecular formula is CHKNS. The third-order valence-electron chi connectivity index (χ3n) is 0. The van der Waals surface area contributed by atoms with Gasteiger partial charge in [-0.1, -0.05) is 0 Å². The molecule has 0 atom stereocenters. The first-order valence-electron chi connectivity index (χ1n) is 0.454. The molecule has 0 aliphatic rings. The van der Waals surface area contributed by atoms with Crippen molar-refractivity contribution in [1.29, 1.82) is 5.41 Å². The minimum Gasteiger partial charge on any atom is -0.248 e. The zero-order valence-electron chi connectivity index (χ0n) is 2.41. The molecule has 3 heteroatoms. The second-order valence-electron chi connectivity index (χ2n) is 0.102. The summed E-state index contributed by atoms with van der Waals surface area (Å²) in [7, 11) is 0. The molecule has 0 spiro atoms. The summed E-state index contributed by atoms with van der Waals surface area (Å²) >= 11 is 3.81. The number of rotatable bonds is 0. The predicted octanol–water partition coefficient (Wildman–Crippen LogP) is 0.287. The number of nitrogens with one attached hydrogen (secondary N) is 1. The summed E-state index contributed by atoms with van der Waals surface area (Å²) in [5, 5.41) is 7.36. The zero-order valence-corrected chi connectivity index (χ0v) is 6.35. The van der Waals surface area contributed by atoms with Gasteiger partial charge in [-0.3, -0.25) is 0 Å². The summed E-state index contributed by atoms with van der Waals surface area (Å²) in [5.74, 6) is 0. The van der Waals surface area contributed by atoms with Crippen LogP contribution in [-0.2, 0) is 0 Å². The fourth-order valence-electron chi connectivity index (χ4n) is 0. The molecule has 0 unspecified atom stereocenters. The number of hydrogen-bond acceptors (Lipinski definition) is 2. The Kier molecular flexibility index (Phi) is 20.0. The topological polar surface area (TPSA) is 23.9 Å². The first-order chi connectivity index (χ1) is 1.41. The van der Waals surface area contributed by atoms with Crippen LogP contribution in [0.1, 0.15) is 0 Å². The fraction of sp³-hybridized carbons (Fsp3) is 0. The van der Waals surface area contributed by atoms with Crippen molar-refractivity contribution in [3.63, 3.8) is 0 Å². The van der Waals surface area contributed by atoms with Crippen LogP contribution in [0.4, 0.5) is 0 Å². The van der Waals surface area contributed by atoms with E-state index in [4.69, 9.17) is 5.41 Å². The van der Waals surface area contributed by atoms with E-state index in [1.54, 1.807) is 5.16 Å². The first kappa shape index (κ1) is 9.06. The molecule has 1 nitrogen and oxygen atoms in total. The Balaban J connectivity index is 0. The van der Waals surface area contributed by atoms with Crippen LogP contribution in [0.15, 0.2) is 0 Å². The number of thiocarbonyl (C=S) groups is 1. The molecular weight excluding hydrogens is 97.2 g/mol. The number of isothiocyanates is 1. The van der Waals surface area contributed by atoms with Gasteiger partial charge in [0.1, 0.15) is 0 Å². The van der Waals surface area contributed by atoms with Crippen molar-refractivity contribution in [3.8, 4) is 0 Å². The Hall–Kier alpha value is 1.44. The molecule has 0 aromatic carbocycles. The molecule has 0 saturated carbocycles. The normalized spacial score (nSPS) is 2.00. The maximum atomic E-state index is 5.77. The summed E-state index contributed by atoms with van der Waals surface area (Å²) in [4.78, 5) is 0. The Labute approximate surface area is 72.7 Å².